The fourth-order valence-electron chi connectivity index (χ4n) is 1.13. The number of hydrogen-bond donors (Lipinski definition) is 1. The molecule has 1 heterocycles. The number of amides is 1. The van der Waals surface area contributed by atoms with Gasteiger partial charge in [-0.3, -0.25) is 4.79 Å². The van der Waals surface area contributed by atoms with Crippen molar-refractivity contribution in [2.24, 2.45) is 5.10 Å². The van der Waals surface area contributed by atoms with Gasteiger partial charge in [0.1, 0.15) is 10.1 Å². The summed E-state index contributed by atoms with van der Waals surface area (Å²) in [4.78, 5) is 16.0. The van der Waals surface area contributed by atoms with Crippen LogP contribution in [0.4, 0.5) is 0 Å². The van der Waals surface area contributed by atoms with Gasteiger partial charge in [0.15, 0.2) is 0 Å². The maximum Gasteiger partial charge on any atom is 0.290 e. The van der Waals surface area contributed by atoms with Crippen LogP contribution < -0.4 is 5.43 Å². The van der Waals surface area contributed by atoms with Gasteiger partial charge < -0.3 is 0 Å². The standard InChI is InChI=1S/C11H15N3OS2/c1-4-8-6-5-7-9(12-8)10(15)13-14-11(16-2)17-3/h5-7H,4H2,1-3H3,(H,13,15). The van der Waals surface area contributed by atoms with Crippen molar-refractivity contribution in [1.29, 1.82) is 0 Å². The summed E-state index contributed by atoms with van der Waals surface area (Å²) in [7, 11) is 0. The minimum absolute atomic E-state index is 0.277. The predicted octanol–water partition coefficient (Wildman–Crippen LogP) is 2.37. The number of pyridine rings is 1. The molecule has 0 radical (unpaired) electrons. The lowest BCUT2D eigenvalue weighted by Gasteiger charge is -2.02. The molecule has 0 fully saturated rings. The van der Waals surface area contributed by atoms with E-state index in [0.717, 1.165) is 16.5 Å². The molecule has 0 unspecified atom stereocenters. The minimum Gasteiger partial charge on any atom is -0.266 e. The Bertz CT molecular complexity index is 415. The van der Waals surface area contributed by atoms with Gasteiger partial charge in [0.2, 0.25) is 0 Å². The second-order valence-corrected chi connectivity index (χ2v) is 4.94. The fraction of sp³-hybridized carbons (Fsp3) is 0.364. The first-order valence-corrected chi connectivity index (χ1v) is 7.58. The first-order chi connectivity index (χ1) is 8.21. The molecular formula is C11H15N3OS2. The number of thioether (sulfide) groups is 2. The Morgan fingerprint density at radius 1 is 1.41 bits per heavy atom. The largest absolute Gasteiger partial charge is 0.290 e. The van der Waals surface area contributed by atoms with Gasteiger partial charge in [0.05, 0.1) is 0 Å². The average Bonchev–Trinajstić information content (AvgIpc) is 2.39. The van der Waals surface area contributed by atoms with E-state index in [-0.39, 0.29) is 5.91 Å². The zero-order valence-corrected chi connectivity index (χ0v) is 11.7. The average molecular weight is 269 g/mol. The number of nitrogens with zero attached hydrogens (tertiary/aromatic N) is 2. The van der Waals surface area contributed by atoms with E-state index in [1.165, 1.54) is 23.5 Å². The lowest BCUT2D eigenvalue weighted by Crippen LogP contribution is -2.20. The summed E-state index contributed by atoms with van der Waals surface area (Å²) in [5.74, 6) is -0.277. The monoisotopic (exact) mass is 269 g/mol. The maximum absolute atomic E-state index is 11.7. The normalized spacial score (nSPS) is 9.82. The molecule has 0 aliphatic rings. The molecule has 0 bridgehead atoms. The molecule has 17 heavy (non-hydrogen) atoms. The Morgan fingerprint density at radius 3 is 2.71 bits per heavy atom. The third-order valence-electron chi connectivity index (χ3n) is 2.00. The second-order valence-electron chi connectivity index (χ2n) is 3.09. The van der Waals surface area contributed by atoms with Crippen LogP contribution in [0.2, 0.25) is 0 Å². The molecule has 0 atom stereocenters. The number of nitrogens with one attached hydrogen (secondary N) is 1. The number of hydrazone groups is 1. The van der Waals surface area contributed by atoms with E-state index >= 15 is 0 Å². The summed E-state index contributed by atoms with van der Waals surface area (Å²) >= 11 is 2.99. The Morgan fingerprint density at radius 2 is 2.12 bits per heavy atom. The van der Waals surface area contributed by atoms with Crippen LogP contribution in [0.25, 0.3) is 0 Å². The minimum atomic E-state index is -0.277. The van der Waals surface area contributed by atoms with Crippen molar-refractivity contribution < 1.29 is 4.79 Å². The molecule has 0 spiro atoms. The van der Waals surface area contributed by atoms with Crippen molar-refractivity contribution >= 4 is 33.8 Å². The topological polar surface area (TPSA) is 54.4 Å². The first kappa shape index (κ1) is 14.1. The number of hydrogen-bond acceptors (Lipinski definition) is 5. The zero-order chi connectivity index (χ0) is 12.7. The van der Waals surface area contributed by atoms with E-state index < -0.39 is 0 Å². The van der Waals surface area contributed by atoms with Crippen LogP contribution >= 0.6 is 23.5 Å². The molecule has 0 aliphatic heterocycles. The number of aromatic nitrogens is 1. The fourth-order valence-corrected chi connectivity index (χ4v) is 2.07. The molecule has 1 aromatic rings. The molecule has 1 amide bonds. The van der Waals surface area contributed by atoms with E-state index in [4.69, 9.17) is 0 Å². The van der Waals surface area contributed by atoms with E-state index in [1.807, 2.05) is 31.6 Å². The van der Waals surface area contributed by atoms with Crippen LogP contribution in [-0.2, 0) is 6.42 Å². The molecule has 92 valence electrons. The number of carbonyl (C=O) groups excluding carboxylic acids is 1. The highest BCUT2D eigenvalue weighted by Gasteiger charge is 2.06. The highest BCUT2D eigenvalue weighted by atomic mass is 32.2. The molecule has 0 aliphatic carbocycles. The van der Waals surface area contributed by atoms with E-state index in [9.17, 15) is 4.79 Å². The van der Waals surface area contributed by atoms with Gasteiger partial charge >= 0.3 is 0 Å². The molecule has 1 N–H and O–H groups in total. The van der Waals surface area contributed by atoms with Crippen LogP contribution in [0.15, 0.2) is 23.3 Å². The van der Waals surface area contributed by atoms with Crippen molar-refractivity contribution in [3.8, 4) is 0 Å². The van der Waals surface area contributed by atoms with Crippen molar-refractivity contribution in [2.75, 3.05) is 12.5 Å². The van der Waals surface area contributed by atoms with Crippen molar-refractivity contribution in [1.82, 2.24) is 10.4 Å². The van der Waals surface area contributed by atoms with Gasteiger partial charge in [-0.15, -0.1) is 23.5 Å². The number of rotatable bonds is 3. The Hall–Kier alpha value is -1.01. The second kappa shape index (κ2) is 7.34. The van der Waals surface area contributed by atoms with E-state index in [1.54, 1.807) is 6.07 Å². The van der Waals surface area contributed by atoms with Crippen LogP contribution in [0.5, 0.6) is 0 Å². The van der Waals surface area contributed by atoms with Crippen LogP contribution in [0.1, 0.15) is 23.1 Å². The lowest BCUT2D eigenvalue weighted by atomic mass is 10.2. The van der Waals surface area contributed by atoms with E-state index in [0.29, 0.717) is 5.69 Å². The van der Waals surface area contributed by atoms with Gasteiger partial charge in [-0.1, -0.05) is 13.0 Å². The number of carbonyl (C=O) groups is 1. The molecule has 0 aromatic carbocycles. The zero-order valence-electron chi connectivity index (χ0n) is 10.1. The molecular weight excluding hydrogens is 254 g/mol. The van der Waals surface area contributed by atoms with Gasteiger partial charge in [-0.2, -0.15) is 5.10 Å². The Kier molecular flexibility index (Phi) is 6.07. The first-order valence-electron chi connectivity index (χ1n) is 5.13. The molecule has 1 rings (SSSR count). The third-order valence-corrected chi connectivity index (χ3v) is 3.88. The summed E-state index contributed by atoms with van der Waals surface area (Å²) in [5, 5.41) is 4.00. The highest BCUT2D eigenvalue weighted by Crippen LogP contribution is 2.09. The maximum atomic E-state index is 11.7. The smallest absolute Gasteiger partial charge is 0.266 e. The molecule has 1 aromatic heterocycles. The molecule has 6 heteroatoms. The SMILES string of the molecule is CCc1cccc(C(=O)NN=C(SC)SC)n1. The van der Waals surface area contributed by atoms with Gasteiger partial charge in [-0.05, 0) is 31.1 Å². The number of aryl methyl sites for hydroxylation is 1. The Balaban J connectivity index is 2.72. The Labute approximate surface area is 110 Å². The predicted molar refractivity (Wildman–Crippen MR) is 75.5 cm³/mol. The van der Waals surface area contributed by atoms with Crippen molar-refractivity contribution in [3.05, 3.63) is 29.6 Å². The van der Waals surface area contributed by atoms with Crippen molar-refractivity contribution in [3.63, 3.8) is 0 Å². The van der Waals surface area contributed by atoms with E-state index in [2.05, 4.69) is 15.5 Å². The summed E-state index contributed by atoms with van der Waals surface area (Å²) in [5.41, 5.74) is 3.79. The molecule has 4 nitrogen and oxygen atoms in total. The van der Waals surface area contributed by atoms with Crippen molar-refractivity contribution in [2.45, 2.75) is 13.3 Å². The van der Waals surface area contributed by atoms with Gasteiger partial charge in [0.25, 0.3) is 5.91 Å². The lowest BCUT2D eigenvalue weighted by molar-refractivity contribution is 0.0950. The molecule has 0 saturated heterocycles. The van der Waals surface area contributed by atoms with Crippen LogP contribution in [0, 0.1) is 0 Å². The van der Waals surface area contributed by atoms with Crippen LogP contribution in [-0.4, -0.2) is 27.8 Å². The van der Waals surface area contributed by atoms with Crippen LogP contribution in [0.3, 0.4) is 0 Å². The van der Waals surface area contributed by atoms with Gasteiger partial charge in [0, 0.05) is 5.69 Å². The summed E-state index contributed by atoms with van der Waals surface area (Å²) < 4.78 is 0.810. The quantitative estimate of drug-likeness (QED) is 0.520. The molecule has 0 saturated carbocycles. The van der Waals surface area contributed by atoms with Gasteiger partial charge in [-0.25, -0.2) is 10.4 Å². The summed E-state index contributed by atoms with van der Waals surface area (Å²) in [6, 6.07) is 5.41. The summed E-state index contributed by atoms with van der Waals surface area (Å²) in [6.45, 7) is 2.00. The summed E-state index contributed by atoms with van der Waals surface area (Å²) in [6.07, 6.45) is 4.64. The highest BCUT2D eigenvalue weighted by molar-refractivity contribution is 8.38. The third kappa shape index (κ3) is 4.40.